The predicted octanol–water partition coefficient (Wildman–Crippen LogP) is 9.12. The van der Waals surface area contributed by atoms with Crippen LogP contribution in [0.2, 0.25) is 0 Å². The maximum Gasteiger partial charge on any atom is 0.114 e. The van der Waals surface area contributed by atoms with Gasteiger partial charge in [-0.1, -0.05) is 103 Å². The molecule has 6 aromatic carbocycles. The molecule has 0 amide bonds. The van der Waals surface area contributed by atoms with Gasteiger partial charge in [0.15, 0.2) is 0 Å². The van der Waals surface area contributed by atoms with Gasteiger partial charge in [0, 0.05) is 18.0 Å². The predicted molar refractivity (Wildman–Crippen MR) is 168 cm³/mol. The standard InChI is InChI=1S/C37H24N4/c1-2-10-25(11-3-1)26-19-20-34-35(23-26)40-41(39-34)29-14-8-12-27(22-29)36-30-15-4-6-17-32(30)37(28-13-9-21-38-24-28)33-18-7-5-16-31(33)36/h1-24H. The Labute approximate surface area is 237 Å². The van der Waals surface area contributed by atoms with E-state index < -0.39 is 0 Å². The minimum absolute atomic E-state index is 0.867. The first-order valence-electron chi connectivity index (χ1n) is 13.7. The molecule has 0 aliphatic carbocycles. The second-order valence-electron chi connectivity index (χ2n) is 10.2. The van der Waals surface area contributed by atoms with Gasteiger partial charge < -0.3 is 0 Å². The first-order chi connectivity index (χ1) is 20.3. The third-order valence-corrected chi connectivity index (χ3v) is 7.73. The molecule has 8 rings (SSSR count). The molecule has 0 unspecified atom stereocenters. The van der Waals surface area contributed by atoms with Crippen molar-refractivity contribution in [3.05, 3.63) is 146 Å². The highest BCUT2D eigenvalue weighted by Gasteiger charge is 2.17. The lowest BCUT2D eigenvalue weighted by Gasteiger charge is -2.17. The quantitative estimate of drug-likeness (QED) is 0.216. The summed E-state index contributed by atoms with van der Waals surface area (Å²) in [6.07, 6.45) is 3.77. The monoisotopic (exact) mass is 524 g/mol. The van der Waals surface area contributed by atoms with Crippen LogP contribution in [0.25, 0.3) is 71.6 Å². The summed E-state index contributed by atoms with van der Waals surface area (Å²) < 4.78 is 0. The zero-order valence-electron chi connectivity index (χ0n) is 22.1. The molecule has 0 saturated heterocycles. The van der Waals surface area contributed by atoms with Gasteiger partial charge in [0.1, 0.15) is 11.0 Å². The number of nitrogens with zero attached hydrogens (tertiary/aromatic N) is 4. The number of aromatic nitrogens is 4. The number of hydrogen-bond donors (Lipinski definition) is 0. The van der Waals surface area contributed by atoms with Crippen LogP contribution in [0, 0.1) is 0 Å². The van der Waals surface area contributed by atoms with E-state index in [4.69, 9.17) is 10.2 Å². The summed E-state index contributed by atoms with van der Waals surface area (Å²) >= 11 is 0. The molecule has 0 aliphatic rings. The minimum Gasteiger partial charge on any atom is -0.264 e. The zero-order chi connectivity index (χ0) is 27.2. The molecule has 0 radical (unpaired) electrons. The first kappa shape index (κ1) is 23.3. The Balaban J connectivity index is 1.31. The third-order valence-electron chi connectivity index (χ3n) is 7.73. The van der Waals surface area contributed by atoms with E-state index in [0.29, 0.717) is 0 Å². The number of pyridine rings is 1. The van der Waals surface area contributed by atoms with Crippen molar-refractivity contribution in [1.29, 1.82) is 0 Å². The summed E-state index contributed by atoms with van der Waals surface area (Å²) in [5.74, 6) is 0. The van der Waals surface area contributed by atoms with E-state index in [1.807, 2.05) is 30.6 Å². The molecule has 0 atom stereocenters. The van der Waals surface area contributed by atoms with Crippen LogP contribution in [-0.2, 0) is 0 Å². The maximum atomic E-state index is 4.88. The molecular formula is C37H24N4. The Bertz CT molecular complexity index is 2140. The van der Waals surface area contributed by atoms with E-state index in [9.17, 15) is 0 Å². The topological polar surface area (TPSA) is 43.6 Å². The molecule has 4 heteroatoms. The van der Waals surface area contributed by atoms with Crippen molar-refractivity contribution < 1.29 is 0 Å². The Morgan fingerprint density at radius 3 is 1.71 bits per heavy atom. The van der Waals surface area contributed by atoms with Crippen LogP contribution in [-0.4, -0.2) is 20.0 Å². The summed E-state index contributed by atoms with van der Waals surface area (Å²) in [5.41, 5.74) is 9.60. The fraction of sp³-hybridized carbons (Fsp3) is 0. The van der Waals surface area contributed by atoms with E-state index in [1.165, 1.54) is 38.2 Å². The molecule has 8 aromatic rings. The molecular weight excluding hydrogens is 500 g/mol. The molecule has 41 heavy (non-hydrogen) atoms. The van der Waals surface area contributed by atoms with Crippen molar-refractivity contribution in [2.75, 3.05) is 0 Å². The van der Waals surface area contributed by atoms with E-state index in [0.717, 1.165) is 33.4 Å². The van der Waals surface area contributed by atoms with Crippen LogP contribution >= 0.6 is 0 Å². The van der Waals surface area contributed by atoms with E-state index >= 15 is 0 Å². The molecule has 0 N–H and O–H groups in total. The smallest absolute Gasteiger partial charge is 0.114 e. The van der Waals surface area contributed by atoms with Crippen LogP contribution in [0.3, 0.4) is 0 Å². The van der Waals surface area contributed by atoms with Gasteiger partial charge in [-0.05, 0) is 79.7 Å². The fourth-order valence-corrected chi connectivity index (χ4v) is 5.89. The van der Waals surface area contributed by atoms with Gasteiger partial charge in [-0.2, -0.15) is 4.80 Å². The lowest BCUT2D eigenvalue weighted by atomic mass is 9.86. The van der Waals surface area contributed by atoms with Crippen molar-refractivity contribution in [3.63, 3.8) is 0 Å². The molecule has 2 heterocycles. The van der Waals surface area contributed by atoms with E-state index in [-0.39, 0.29) is 0 Å². The summed E-state index contributed by atoms with van der Waals surface area (Å²) in [4.78, 5) is 6.17. The highest BCUT2D eigenvalue weighted by atomic mass is 15.5. The van der Waals surface area contributed by atoms with Gasteiger partial charge in [-0.25, -0.2) is 0 Å². The van der Waals surface area contributed by atoms with Crippen molar-refractivity contribution in [3.8, 4) is 39.1 Å². The Kier molecular flexibility index (Phi) is 5.42. The zero-order valence-corrected chi connectivity index (χ0v) is 22.1. The second-order valence-corrected chi connectivity index (χ2v) is 10.2. The molecule has 4 nitrogen and oxygen atoms in total. The van der Waals surface area contributed by atoms with Crippen LogP contribution in [0.5, 0.6) is 0 Å². The van der Waals surface area contributed by atoms with Gasteiger partial charge in [-0.3, -0.25) is 4.98 Å². The minimum atomic E-state index is 0.867. The van der Waals surface area contributed by atoms with Gasteiger partial charge in [0.25, 0.3) is 0 Å². The highest BCUT2D eigenvalue weighted by Crippen LogP contribution is 2.43. The van der Waals surface area contributed by atoms with E-state index in [1.54, 1.807) is 4.80 Å². The van der Waals surface area contributed by atoms with Crippen LogP contribution in [0.15, 0.2) is 146 Å². The van der Waals surface area contributed by atoms with Crippen molar-refractivity contribution in [1.82, 2.24) is 20.0 Å². The average Bonchev–Trinajstić information content (AvgIpc) is 3.48. The Morgan fingerprint density at radius 2 is 1.02 bits per heavy atom. The molecule has 0 fully saturated rings. The normalized spacial score (nSPS) is 11.4. The van der Waals surface area contributed by atoms with Crippen LogP contribution < -0.4 is 0 Å². The summed E-state index contributed by atoms with van der Waals surface area (Å²) in [7, 11) is 0. The highest BCUT2D eigenvalue weighted by molar-refractivity contribution is 6.21. The summed E-state index contributed by atoms with van der Waals surface area (Å²) in [5, 5.41) is 14.5. The molecule has 0 aliphatic heterocycles. The van der Waals surface area contributed by atoms with Crippen LogP contribution in [0.1, 0.15) is 0 Å². The lowest BCUT2D eigenvalue weighted by Crippen LogP contribution is -1.99. The van der Waals surface area contributed by atoms with Crippen molar-refractivity contribution in [2.45, 2.75) is 0 Å². The van der Waals surface area contributed by atoms with Crippen LogP contribution in [0.4, 0.5) is 0 Å². The van der Waals surface area contributed by atoms with Crippen molar-refractivity contribution in [2.24, 2.45) is 0 Å². The van der Waals surface area contributed by atoms with Gasteiger partial charge >= 0.3 is 0 Å². The Morgan fingerprint density at radius 1 is 0.415 bits per heavy atom. The number of fused-ring (bicyclic) bond motifs is 3. The third kappa shape index (κ3) is 3.97. The summed E-state index contributed by atoms with van der Waals surface area (Å²) in [6, 6.07) is 46.6. The molecule has 0 bridgehead atoms. The van der Waals surface area contributed by atoms with Gasteiger partial charge in [-0.15, -0.1) is 10.2 Å². The molecule has 192 valence electrons. The molecule has 0 spiro atoms. The maximum absolute atomic E-state index is 4.88. The molecule has 2 aromatic heterocycles. The second kappa shape index (κ2) is 9.54. The average molecular weight is 525 g/mol. The lowest BCUT2D eigenvalue weighted by molar-refractivity contribution is 0.766. The number of benzene rings is 6. The first-order valence-corrected chi connectivity index (χ1v) is 13.7. The SMILES string of the molecule is c1ccc(-c2ccc3nn(-c4cccc(-c5c6ccccc6c(-c6cccnc6)c6ccccc56)c4)nc3c2)cc1. The van der Waals surface area contributed by atoms with Gasteiger partial charge in [0.05, 0.1) is 5.69 Å². The largest absolute Gasteiger partial charge is 0.264 e. The van der Waals surface area contributed by atoms with E-state index in [2.05, 4.69) is 120 Å². The fourth-order valence-electron chi connectivity index (χ4n) is 5.89. The summed E-state index contributed by atoms with van der Waals surface area (Å²) in [6.45, 7) is 0. The Hall–Kier alpha value is -5.61. The molecule has 0 saturated carbocycles. The number of rotatable bonds is 4. The van der Waals surface area contributed by atoms with Crippen molar-refractivity contribution >= 4 is 32.6 Å². The van der Waals surface area contributed by atoms with Gasteiger partial charge in [0.2, 0.25) is 0 Å². The number of hydrogen-bond acceptors (Lipinski definition) is 3.